The van der Waals surface area contributed by atoms with Gasteiger partial charge in [0.1, 0.15) is 0 Å². The predicted octanol–water partition coefficient (Wildman–Crippen LogP) is 9.26. The second-order valence-corrected chi connectivity index (χ2v) is 15.4. The molecule has 0 amide bonds. The average Bonchev–Trinajstić information content (AvgIpc) is 3.63. The number of unbranched alkanes of at least 4 members (excludes halogenated alkanes) is 6. The summed E-state index contributed by atoms with van der Waals surface area (Å²) in [6, 6.07) is 7.63. The summed E-state index contributed by atoms with van der Waals surface area (Å²) in [5.74, 6) is 1.11. The van der Waals surface area contributed by atoms with Gasteiger partial charge in [-0.3, -0.25) is 4.79 Å². The van der Waals surface area contributed by atoms with Crippen LogP contribution in [0.1, 0.15) is 74.4 Å². The lowest BCUT2D eigenvalue weighted by Gasteiger charge is -2.00. The van der Waals surface area contributed by atoms with Crippen molar-refractivity contribution in [3.8, 4) is 19.5 Å². The van der Waals surface area contributed by atoms with Crippen molar-refractivity contribution in [1.29, 1.82) is 0 Å². The van der Waals surface area contributed by atoms with Gasteiger partial charge in [-0.25, -0.2) is 13.4 Å². The third-order valence-corrected chi connectivity index (χ3v) is 13.3. The summed E-state index contributed by atoms with van der Waals surface area (Å²) >= 11 is 11.0. The first-order valence-corrected chi connectivity index (χ1v) is 17.6. The molecule has 0 atom stereocenters. The largest absolute Gasteiger partial charge is 0.293 e. The lowest BCUT2D eigenvalue weighted by Crippen LogP contribution is -1.98. The number of thiocarbonyl (C=S) groups is 1. The first-order chi connectivity index (χ1) is 17.5. The van der Waals surface area contributed by atoms with Crippen LogP contribution >= 0.6 is 58.0 Å². The van der Waals surface area contributed by atoms with E-state index in [1.165, 1.54) is 65.4 Å². The average molecular weight is 596 g/mol. The molecule has 0 aromatic carbocycles. The van der Waals surface area contributed by atoms with Crippen molar-refractivity contribution >= 4 is 78.8 Å². The van der Waals surface area contributed by atoms with Crippen molar-refractivity contribution in [2.75, 3.05) is 12.3 Å². The van der Waals surface area contributed by atoms with Crippen LogP contribution in [0.2, 0.25) is 0 Å². The van der Waals surface area contributed by atoms with Crippen LogP contribution in [-0.4, -0.2) is 31.7 Å². The molecule has 4 nitrogen and oxygen atoms in total. The van der Waals surface area contributed by atoms with Crippen LogP contribution in [-0.2, 0) is 9.84 Å². The Morgan fingerprint density at radius 3 is 2.50 bits per heavy atom. The van der Waals surface area contributed by atoms with Crippen molar-refractivity contribution in [3.63, 3.8) is 0 Å². The number of thioether (sulfide) groups is 1. The number of hydrogen-bond acceptors (Lipinski definition) is 9. The number of fused-ring (bicyclic) bond motifs is 3. The van der Waals surface area contributed by atoms with Crippen LogP contribution in [0.4, 0.5) is 0 Å². The molecule has 10 heteroatoms. The predicted molar refractivity (Wildman–Crippen MR) is 159 cm³/mol. The summed E-state index contributed by atoms with van der Waals surface area (Å²) in [5, 5.41) is 2.33. The molecular weight excluding hydrogens is 567 g/mol. The van der Waals surface area contributed by atoms with Gasteiger partial charge in [-0.05, 0) is 61.5 Å². The third kappa shape index (κ3) is 6.46. The zero-order valence-corrected chi connectivity index (χ0v) is 25.1. The quantitative estimate of drug-likeness (QED) is 0.0451. The van der Waals surface area contributed by atoms with E-state index in [0.717, 1.165) is 26.8 Å². The first kappa shape index (κ1) is 27.9. The zero-order chi connectivity index (χ0) is 25.5. The lowest BCUT2D eigenvalue weighted by molar-refractivity contribution is 0.0983. The molecule has 4 heterocycles. The number of ketones is 1. The minimum absolute atomic E-state index is 0.0143. The second kappa shape index (κ2) is 13.1. The molecule has 0 bridgehead atoms. The van der Waals surface area contributed by atoms with Gasteiger partial charge in [-0.1, -0.05) is 39.0 Å². The fraction of sp³-hybridized carbons (Fsp3) is 0.462. The Kier molecular flexibility index (Phi) is 10.1. The first-order valence-electron chi connectivity index (χ1n) is 12.3. The van der Waals surface area contributed by atoms with Crippen molar-refractivity contribution in [2.45, 2.75) is 78.7 Å². The number of nitrogens with zero attached hydrogens (tertiary/aromatic N) is 1. The molecule has 0 aliphatic carbocycles. The highest BCUT2D eigenvalue weighted by molar-refractivity contribution is 8.01. The molecule has 1 aliphatic heterocycles. The minimum atomic E-state index is -3.58. The number of carbonyl (C=O) groups excluding carboxylic acids is 1. The number of hydrogen-bond donors (Lipinski definition) is 0. The topological polar surface area (TPSA) is 63.6 Å². The highest BCUT2D eigenvalue weighted by atomic mass is 32.2. The maximum absolute atomic E-state index is 13.2. The number of thiophene rings is 3. The molecule has 0 N–H and O–H groups in total. The summed E-state index contributed by atoms with van der Waals surface area (Å²) in [5.41, 5.74) is 0. The van der Waals surface area contributed by atoms with Crippen LogP contribution in [0.15, 0.2) is 43.3 Å². The van der Waals surface area contributed by atoms with Crippen molar-refractivity contribution < 1.29 is 13.2 Å². The number of Topliss-reactive ketones (excluding diaryl/α,β-unsaturated/α-hetero) is 1. The van der Waals surface area contributed by atoms with E-state index in [0.29, 0.717) is 34.0 Å². The van der Waals surface area contributed by atoms with Crippen LogP contribution in [0.25, 0.3) is 19.5 Å². The molecule has 0 saturated heterocycles. The fourth-order valence-electron chi connectivity index (χ4n) is 4.07. The number of rotatable bonds is 15. The van der Waals surface area contributed by atoms with Crippen LogP contribution in [0.5, 0.6) is 0 Å². The molecule has 1 aliphatic rings. The van der Waals surface area contributed by atoms with E-state index in [1.54, 1.807) is 17.4 Å². The van der Waals surface area contributed by atoms with Crippen molar-refractivity contribution in [3.05, 3.63) is 29.1 Å². The van der Waals surface area contributed by atoms with Gasteiger partial charge in [0, 0.05) is 22.7 Å². The maximum atomic E-state index is 13.2. The smallest absolute Gasteiger partial charge is 0.209 e. The molecule has 0 radical (unpaired) electrons. The summed E-state index contributed by atoms with van der Waals surface area (Å²) in [4.78, 5) is 21.3. The van der Waals surface area contributed by atoms with Gasteiger partial charge in [-0.2, -0.15) is 0 Å². The molecule has 0 saturated carbocycles. The standard InChI is InChI=1S/C26H29NO3S6/c1-2-3-4-5-6-9-14-32-24-12-11-19(33-24)21-16-23-26(35-21)25-22(36(23,29)30)15-20(34-25)18(28)10-7-8-13-27-17-31/h11-12,15-16H,2-10,13-14H2,1H3. The molecule has 36 heavy (non-hydrogen) atoms. The minimum Gasteiger partial charge on any atom is -0.293 e. The highest BCUT2D eigenvalue weighted by Gasteiger charge is 2.38. The monoisotopic (exact) mass is 595 g/mol. The molecule has 3 aromatic heterocycles. The molecule has 3 aromatic rings. The third-order valence-electron chi connectivity index (χ3n) is 6.01. The summed E-state index contributed by atoms with van der Waals surface area (Å²) in [6.07, 6.45) is 9.62. The Morgan fingerprint density at radius 2 is 1.69 bits per heavy atom. The molecule has 4 rings (SSSR count). The van der Waals surface area contributed by atoms with E-state index in [2.05, 4.69) is 41.4 Å². The SMILES string of the molecule is CCCCCCCCSc1ccc(-c2cc3c(s2)-c2sc(C(=O)CCCCN=C=S)cc2S3(=O)=O)s1. The number of isothiocyanates is 1. The van der Waals surface area contributed by atoms with Crippen molar-refractivity contribution in [1.82, 2.24) is 0 Å². The molecular formula is C26H29NO3S6. The summed E-state index contributed by atoms with van der Waals surface area (Å²) in [7, 11) is -3.58. The van der Waals surface area contributed by atoms with Crippen LogP contribution < -0.4 is 0 Å². The van der Waals surface area contributed by atoms with E-state index in [4.69, 9.17) is 0 Å². The highest BCUT2D eigenvalue weighted by Crippen LogP contribution is 2.54. The van der Waals surface area contributed by atoms with Gasteiger partial charge in [0.2, 0.25) is 9.84 Å². The Balaban J connectivity index is 1.41. The fourth-order valence-corrected chi connectivity index (χ4v) is 11.3. The summed E-state index contributed by atoms with van der Waals surface area (Å²) < 4.78 is 27.7. The number of aliphatic imine (C=N–C) groups is 1. The summed E-state index contributed by atoms with van der Waals surface area (Å²) in [6.45, 7) is 2.80. The van der Waals surface area contributed by atoms with Gasteiger partial charge in [-0.15, -0.1) is 45.8 Å². The van der Waals surface area contributed by atoms with E-state index in [-0.39, 0.29) is 10.7 Å². The molecule has 192 valence electrons. The molecule has 0 spiro atoms. The maximum Gasteiger partial charge on any atom is 0.209 e. The van der Waals surface area contributed by atoms with E-state index >= 15 is 0 Å². The normalized spacial score (nSPS) is 13.4. The van der Waals surface area contributed by atoms with Gasteiger partial charge < -0.3 is 0 Å². The zero-order valence-electron chi connectivity index (χ0n) is 20.2. The molecule has 0 unspecified atom stereocenters. The van der Waals surface area contributed by atoms with Crippen LogP contribution in [0.3, 0.4) is 0 Å². The Bertz CT molecular complexity index is 1360. The Hall–Kier alpha value is -1.13. The van der Waals surface area contributed by atoms with E-state index < -0.39 is 9.84 Å². The van der Waals surface area contributed by atoms with Gasteiger partial charge in [0.05, 0.1) is 33.8 Å². The van der Waals surface area contributed by atoms with Crippen LogP contribution in [0, 0.1) is 0 Å². The lowest BCUT2D eigenvalue weighted by atomic mass is 10.1. The number of sulfone groups is 1. The van der Waals surface area contributed by atoms with E-state index in [1.807, 2.05) is 17.8 Å². The van der Waals surface area contributed by atoms with Gasteiger partial charge in [0.15, 0.2) is 5.78 Å². The van der Waals surface area contributed by atoms with E-state index in [9.17, 15) is 13.2 Å². The number of carbonyl (C=O) groups is 1. The Labute approximate surface area is 235 Å². The van der Waals surface area contributed by atoms with Gasteiger partial charge >= 0.3 is 0 Å². The second-order valence-electron chi connectivity index (χ2n) is 8.70. The Morgan fingerprint density at radius 1 is 0.944 bits per heavy atom. The van der Waals surface area contributed by atoms with Gasteiger partial charge in [0.25, 0.3) is 0 Å². The molecule has 0 fully saturated rings. The van der Waals surface area contributed by atoms with Crippen molar-refractivity contribution in [2.24, 2.45) is 4.99 Å².